The van der Waals surface area contributed by atoms with Gasteiger partial charge in [-0.25, -0.2) is 4.98 Å². The first-order valence-electron chi connectivity index (χ1n) is 6.59. The minimum absolute atomic E-state index is 0.203. The number of aromatic nitrogens is 1. The largest absolute Gasteiger partial charge is 0.459 e. The molecule has 0 N–H and O–H groups in total. The van der Waals surface area contributed by atoms with E-state index < -0.39 is 0 Å². The monoisotopic (exact) mass is 349 g/mol. The zero-order valence-corrected chi connectivity index (χ0v) is 13.9. The van der Waals surface area contributed by atoms with Gasteiger partial charge in [0.05, 0.1) is 12.1 Å². The Kier molecular flexibility index (Phi) is 4.87. The highest BCUT2D eigenvalue weighted by atomic mass is 35.5. The van der Waals surface area contributed by atoms with Crippen molar-refractivity contribution in [1.29, 1.82) is 0 Å². The van der Waals surface area contributed by atoms with Gasteiger partial charge in [-0.15, -0.1) is 22.7 Å². The van der Waals surface area contributed by atoms with Crippen molar-refractivity contribution in [3.8, 4) is 10.6 Å². The molecular weight excluding hydrogens is 338 g/mol. The molecule has 6 heteroatoms. The lowest BCUT2D eigenvalue weighted by atomic mass is 10.2. The highest BCUT2D eigenvalue weighted by Crippen LogP contribution is 2.25. The summed E-state index contributed by atoms with van der Waals surface area (Å²) in [5, 5.41) is 5.44. The first kappa shape index (κ1) is 15.2. The van der Waals surface area contributed by atoms with Crippen LogP contribution in [0.25, 0.3) is 10.6 Å². The number of thiazole rings is 1. The van der Waals surface area contributed by atoms with E-state index in [4.69, 9.17) is 16.3 Å². The second kappa shape index (κ2) is 7.05. The number of benzene rings is 1. The molecule has 3 aromatic rings. The summed E-state index contributed by atoms with van der Waals surface area (Å²) >= 11 is 8.95. The van der Waals surface area contributed by atoms with Gasteiger partial charge in [0.2, 0.25) is 0 Å². The number of esters is 1. The Balaban J connectivity index is 1.57. The number of halogens is 1. The predicted molar refractivity (Wildman–Crippen MR) is 90.4 cm³/mol. The lowest BCUT2D eigenvalue weighted by Gasteiger charge is -2.01. The Labute approximate surface area is 141 Å². The third kappa shape index (κ3) is 3.94. The van der Waals surface area contributed by atoms with Crippen molar-refractivity contribution in [3.63, 3.8) is 0 Å². The van der Waals surface area contributed by atoms with Crippen LogP contribution in [-0.2, 0) is 22.6 Å². The van der Waals surface area contributed by atoms with Gasteiger partial charge in [0.1, 0.15) is 11.6 Å². The van der Waals surface area contributed by atoms with Gasteiger partial charge in [-0.1, -0.05) is 29.8 Å². The number of carbonyl (C=O) groups excluding carboxylic acids is 1. The quantitative estimate of drug-likeness (QED) is 0.620. The van der Waals surface area contributed by atoms with E-state index in [1.165, 1.54) is 11.3 Å². The molecule has 1 aromatic carbocycles. The summed E-state index contributed by atoms with van der Waals surface area (Å²) in [4.78, 5) is 17.2. The van der Waals surface area contributed by atoms with E-state index in [1.54, 1.807) is 11.3 Å². The van der Waals surface area contributed by atoms with Crippen LogP contribution >= 0.6 is 34.3 Å². The molecule has 3 nitrogen and oxygen atoms in total. The van der Waals surface area contributed by atoms with Crippen molar-refractivity contribution in [3.05, 3.63) is 62.8 Å². The molecule has 0 radical (unpaired) electrons. The highest BCUT2D eigenvalue weighted by Gasteiger charge is 2.09. The first-order chi connectivity index (χ1) is 10.7. The summed E-state index contributed by atoms with van der Waals surface area (Å²) in [5.74, 6) is -0.233. The van der Waals surface area contributed by atoms with Gasteiger partial charge in [0.15, 0.2) is 0 Å². The topological polar surface area (TPSA) is 39.2 Å². The molecule has 3 rings (SSSR count). The minimum Gasteiger partial charge on any atom is -0.459 e. The third-order valence-corrected chi connectivity index (χ3v) is 4.99. The van der Waals surface area contributed by atoms with Gasteiger partial charge in [-0.2, -0.15) is 0 Å². The van der Waals surface area contributed by atoms with Crippen molar-refractivity contribution >= 4 is 40.2 Å². The Morgan fingerprint density at radius 3 is 2.73 bits per heavy atom. The average Bonchev–Trinajstić information content (AvgIpc) is 3.17. The molecule has 0 saturated carbocycles. The van der Waals surface area contributed by atoms with Crippen LogP contribution in [0.5, 0.6) is 0 Å². The van der Waals surface area contributed by atoms with Gasteiger partial charge < -0.3 is 4.74 Å². The Bertz CT molecular complexity index is 751. The molecule has 0 spiro atoms. The number of hydrogen-bond acceptors (Lipinski definition) is 5. The summed E-state index contributed by atoms with van der Waals surface area (Å²) < 4.78 is 5.26. The molecule has 0 unspecified atom stereocenters. The van der Waals surface area contributed by atoms with Crippen LogP contribution in [0.2, 0.25) is 5.02 Å². The fraction of sp³-hybridized carbons (Fsp3) is 0.125. The van der Waals surface area contributed by atoms with Crippen molar-refractivity contribution in [2.45, 2.75) is 13.0 Å². The van der Waals surface area contributed by atoms with Crippen molar-refractivity contribution < 1.29 is 9.53 Å². The normalized spacial score (nSPS) is 10.6. The molecule has 2 aromatic heterocycles. The van der Waals surface area contributed by atoms with Crippen LogP contribution in [0.4, 0.5) is 0 Å². The second-order valence-corrected chi connectivity index (χ2v) is 6.89. The van der Waals surface area contributed by atoms with E-state index in [1.807, 2.05) is 47.2 Å². The molecule has 0 bridgehead atoms. The zero-order chi connectivity index (χ0) is 15.4. The highest BCUT2D eigenvalue weighted by molar-refractivity contribution is 7.13. The molecule has 22 heavy (non-hydrogen) atoms. The van der Waals surface area contributed by atoms with Crippen LogP contribution in [0.1, 0.15) is 10.6 Å². The summed E-state index contributed by atoms with van der Waals surface area (Å²) in [5.41, 5.74) is 1.76. The summed E-state index contributed by atoms with van der Waals surface area (Å²) in [6.07, 6.45) is 0.311. The van der Waals surface area contributed by atoms with E-state index in [0.29, 0.717) is 11.4 Å². The van der Waals surface area contributed by atoms with E-state index >= 15 is 0 Å². The fourth-order valence-corrected chi connectivity index (χ4v) is 3.49. The summed E-state index contributed by atoms with van der Waals surface area (Å²) in [6, 6.07) is 11.4. The summed E-state index contributed by atoms with van der Waals surface area (Å²) in [6.45, 7) is 0.203. The minimum atomic E-state index is -0.233. The van der Waals surface area contributed by atoms with Crippen LogP contribution < -0.4 is 0 Å². The smallest absolute Gasteiger partial charge is 0.311 e. The molecule has 0 saturated heterocycles. The number of ether oxygens (including phenoxy) is 1. The molecule has 0 aliphatic rings. The Morgan fingerprint density at radius 1 is 1.18 bits per heavy atom. The lowest BCUT2D eigenvalue weighted by Crippen LogP contribution is -2.07. The molecule has 0 amide bonds. The average molecular weight is 350 g/mol. The van der Waals surface area contributed by atoms with Gasteiger partial charge in [0, 0.05) is 20.8 Å². The maximum Gasteiger partial charge on any atom is 0.311 e. The fourth-order valence-electron chi connectivity index (χ4n) is 1.86. The van der Waals surface area contributed by atoms with Crippen LogP contribution in [0, 0.1) is 0 Å². The van der Waals surface area contributed by atoms with Crippen molar-refractivity contribution in [2.75, 3.05) is 0 Å². The molecule has 112 valence electrons. The first-order valence-corrected chi connectivity index (χ1v) is 8.73. The molecule has 2 heterocycles. The van der Waals surface area contributed by atoms with E-state index in [2.05, 4.69) is 4.98 Å². The molecular formula is C16H12ClNO2S2. The number of nitrogens with zero attached hydrogens (tertiary/aromatic N) is 1. The van der Waals surface area contributed by atoms with Crippen LogP contribution in [0.15, 0.2) is 47.2 Å². The maximum atomic E-state index is 11.7. The van der Waals surface area contributed by atoms with Crippen LogP contribution in [-0.4, -0.2) is 11.0 Å². The van der Waals surface area contributed by atoms with Gasteiger partial charge in [-0.05, 0) is 23.6 Å². The lowest BCUT2D eigenvalue weighted by molar-refractivity contribution is -0.144. The molecule has 0 atom stereocenters. The Morgan fingerprint density at radius 2 is 2.00 bits per heavy atom. The van der Waals surface area contributed by atoms with Crippen molar-refractivity contribution in [2.24, 2.45) is 0 Å². The second-order valence-electron chi connectivity index (χ2n) is 4.57. The van der Waals surface area contributed by atoms with Gasteiger partial charge in [-0.3, -0.25) is 4.79 Å². The SMILES string of the molecule is O=C(Cc1cccs1)OCc1csc(-c2ccc(Cl)cc2)n1. The maximum absolute atomic E-state index is 11.7. The number of thiophene rings is 1. The van der Waals surface area contributed by atoms with Crippen molar-refractivity contribution in [1.82, 2.24) is 4.98 Å². The Hall–Kier alpha value is -1.69. The van der Waals surface area contributed by atoms with E-state index in [0.717, 1.165) is 21.1 Å². The molecule has 0 fully saturated rings. The number of rotatable bonds is 5. The predicted octanol–water partition coefficient (Wildman–Crippen LogP) is 4.81. The molecule has 0 aliphatic heterocycles. The standard InChI is InChI=1S/C16H12ClNO2S2/c17-12-5-3-11(4-6-12)16-18-13(10-22-16)9-20-15(19)8-14-2-1-7-21-14/h1-7,10H,8-9H2. The number of hydrogen-bond donors (Lipinski definition) is 0. The van der Waals surface area contributed by atoms with E-state index in [9.17, 15) is 4.79 Å². The van der Waals surface area contributed by atoms with E-state index in [-0.39, 0.29) is 12.6 Å². The van der Waals surface area contributed by atoms with Gasteiger partial charge in [0.25, 0.3) is 0 Å². The zero-order valence-electron chi connectivity index (χ0n) is 11.5. The van der Waals surface area contributed by atoms with Crippen LogP contribution in [0.3, 0.4) is 0 Å². The third-order valence-electron chi connectivity index (χ3n) is 2.92. The number of carbonyl (C=O) groups is 1. The summed E-state index contributed by atoms with van der Waals surface area (Å²) in [7, 11) is 0. The van der Waals surface area contributed by atoms with Gasteiger partial charge >= 0.3 is 5.97 Å². The molecule has 0 aliphatic carbocycles.